The highest BCUT2D eigenvalue weighted by molar-refractivity contribution is 6.24. The van der Waals surface area contributed by atoms with Crippen LogP contribution in [0.3, 0.4) is 0 Å². The molecule has 0 aliphatic heterocycles. The summed E-state index contributed by atoms with van der Waals surface area (Å²) in [7, 11) is 8.12. The van der Waals surface area contributed by atoms with Gasteiger partial charge in [-0.1, -0.05) is 6.07 Å². The average molecular weight is 609 g/mol. The molecule has 4 atom stereocenters. The number of primary amides is 1. The topological polar surface area (TPSA) is 206 Å². The molecule has 13 nitrogen and oxygen atoms in total. The lowest BCUT2D eigenvalue weighted by molar-refractivity contribution is -0.153. The second-order valence-electron chi connectivity index (χ2n) is 11.9. The molecule has 5 rings (SSSR count). The first-order valence-electron chi connectivity index (χ1n) is 14.0. The lowest BCUT2D eigenvalue weighted by Crippen LogP contribution is -2.65. The van der Waals surface area contributed by atoms with E-state index in [-0.39, 0.29) is 47.7 Å². The van der Waals surface area contributed by atoms with Crippen molar-refractivity contribution in [3.05, 3.63) is 57.9 Å². The Hall–Kier alpha value is -4.75. The molecule has 0 radical (unpaired) electrons. The standard InChI is InChI=1S/C31H36N4O9/c1-34(2)18-11-17(33-12-13-6-7-20(44-5)19(36)8-13)25(37)22-15(18)9-14-10-16-24(35(3)4)27(39)23(30(32)42)29(41)31(16,43)28(40)21(14)26(22)38/h6-8,11,14,16,24,33,36-38,41,43H,9-10,12H2,1-5H3,(H2,32,42)/t14-,16-,24-,31+/m0/s1. The molecule has 2 aromatic rings. The van der Waals surface area contributed by atoms with Gasteiger partial charge in [-0.15, -0.1) is 0 Å². The molecular weight excluding hydrogens is 572 g/mol. The van der Waals surface area contributed by atoms with E-state index in [2.05, 4.69) is 5.32 Å². The molecule has 1 saturated carbocycles. The number of methoxy groups -OCH3 is 1. The zero-order valence-corrected chi connectivity index (χ0v) is 25.0. The maximum atomic E-state index is 14.1. The first-order chi connectivity index (χ1) is 20.6. The highest BCUT2D eigenvalue weighted by atomic mass is 16.5. The predicted octanol–water partition coefficient (Wildman–Crippen LogP) is 1.36. The van der Waals surface area contributed by atoms with Crippen molar-refractivity contribution in [3.63, 3.8) is 0 Å². The van der Waals surface area contributed by atoms with E-state index < -0.39 is 58.0 Å². The summed E-state index contributed by atoms with van der Waals surface area (Å²) in [6.07, 6.45) is 0.169. The minimum Gasteiger partial charge on any atom is -0.508 e. The van der Waals surface area contributed by atoms with Crippen LogP contribution < -0.4 is 20.7 Å². The molecule has 0 bridgehead atoms. The summed E-state index contributed by atoms with van der Waals surface area (Å²) in [4.78, 5) is 42.8. The third-order valence-electron chi connectivity index (χ3n) is 8.91. The Balaban J connectivity index is 1.64. The van der Waals surface area contributed by atoms with Crippen molar-refractivity contribution in [1.82, 2.24) is 4.90 Å². The number of phenols is 2. The third kappa shape index (κ3) is 4.42. The quantitative estimate of drug-likeness (QED) is 0.176. The molecule has 13 heteroatoms. The number of amides is 1. The number of aromatic hydroxyl groups is 2. The maximum absolute atomic E-state index is 14.1. The number of likely N-dealkylation sites (N-methyl/N-ethyl adjacent to an activating group) is 1. The van der Waals surface area contributed by atoms with Crippen LogP contribution in [-0.2, 0) is 27.3 Å². The second-order valence-corrected chi connectivity index (χ2v) is 11.9. The van der Waals surface area contributed by atoms with Crippen molar-refractivity contribution in [2.45, 2.75) is 31.0 Å². The van der Waals surface area contributed by atoms with E-state index in [0.717, 1.165) is 0 Å². The molecule has 8 N–H and O–H groups in total. The van der Waals surface area contributed by atoms with Crippen LogP contribution in [0, 0.1) is 11.8 Å². The Morgan fingerprint density at radius 1 is 1.11 bits per heavy atom. The number of carbonyl (C=O) groups is 3. The molecule has 0 heterocycles. The average Bonchev–Trinajstić information content (AvgIpc) is 2.94. The SMILES string of the molecule is COc1ccc(CNc2cc(N(C)C)c3c(c2O)C(O)=C2C(=O)[C@@]4(O)C(O)=C(C(N)=O)C(=O)[C@@H](N(C)C)[C@@H]4C[C@@H]2C3)cc1O. The van der Waals surface area contributed by atoms with Gasteiger partial charge in [0.25, 0.3) is 5.91 Å². The first kappa shape index (κ1) is 30.7. The minimum absolute atomic E-state index is 0.000354. The number of hydrogen-bond acceptors (Lipinski definition) is 12. The molecule has 234 valence electrons. The number of ether oxygens (including phenoxy) is 1. The van der Waals surface area contributed by atoms with Gasteiger partial charge in [0.05, 0.1) is 24.4 Å². The smallest absolute Gasteiger partial charge is 0.255 e. The zero-order valence-electron chi connectivity index (χ0n) is 25.0. The number of nitrogens with two attached hydrogens (primary N) is 1. The lowest BCUT2D eigenvalue weighted by atomic mass is 9.57. The number of nitrogens with one attached hydrogen (secondary N) is 1. The number of Topliss-reactive ketones (excluding diaryl/α,β-unsaturated/α-hetero) is 2. The van der Waals surface area contributed by atoms with Crippen molar-refractivity contribution in [2.75, 3.05) is 45.5 Å². The number of benzene rings is 2. The van der Waals surface area contributed by atoms with E-state index in [1.165, 1.54) is 18.1 Å². The number of hydrogen-bond donors (Lipinski definition) is 7. The van der Waals surface area contributed by atoms with Gasteiger partial charge in [0.1, 0.15) is 22.8 Å². The lowest BCUT2D eigenvalue weighted by Gasteiger charge is -2.50. The first-order valence-corrected chi connectivity index (χ1v) is 14.0. The van der Waals surface area contributed by atoms with Gasteiger partial charge >= 0.3 is 0 Å². The van der Waals surface area contributed by atoms with E-state index in [4.69, 9.17) is 10.5 Å². The molecule has 44 heavy (non-hydrogen) atoms. The molecule has 0 spiro atoms. The van der Waals surface area contributed by atoms with E-state index in [1.807, 2.05) is 0 Å². The van der Waals surface area contributed by atoms with Crippen molar-refractivity contribution >= 4 is 34.6 Å². The third-order valence-corrected chi connectivity index (χ3v) is 8.91. The van der Waals surface area contributed by atoms with Crippen LogP contribution >= 0.6 is 0 Å². The highest BCUT2D eigenvalue weighted by Crippen LogP contribution is 2.54. The van der Waals surface area contributed by atoms with Gasteiger partial charge in [-0.3, -0.25) is 19.3 Å². The fourth-order valence-electron chi connectivity index (χ4n) is 6.87. The summed E-state index contributed by atoms with van der Waals surface area (Å²) in [6.45, 7) is 0.172. The Labute approximate surface area is 253 Å². The van der Waals surface area contributed by atoms with Crippen LogP contribution in [0.2, 0.25) is 0 Å². The van der Waals surface area contributed by atoms with E-state index in [9.17, 15) is 39.9 Å². The molecule has 0 aromatic heterocycles. The number of aliphatic hydroxyl groups excluding tert-OH is 2. The molecule has 3 aliphatic rings. The number of rotatable bonds is 7. The Bertz CT molecular complexity index is 1660. The summed E-state index contributed by atoms with van der Waals surface area (Å²) >= 11 is 0. The van der Waals surface area contributed by atoms with Crippen LogP contribution in [0.15, 0.2) is 41.2 Å². The number of fused-ring (bicyclic) bond motifs is 3. The maximum Gasteiger partial charge on any atom is 0.255 e. The molecule has 0 saturated heterocycles. The summed E-state index contributed by atoms with van der Waals surface area (Å²) in [6, 6.07) is 5.38. The van der Waals surface area contributed by atoms with Gasteiger partial charge in [-0.05, 0) is 62.2 Å². The molecule has 2 aromatic carbocycles. The van der Waals surface area contributed by atoms with Gasteiger partial charge in [0, 0.05) is 37.8 Å². The van der Waals surface area contributed by atoms with Gasteiger partial charge in [-0.2, -0.15) is 0 Å². The molecule has 0 unspecified atom stereocenters. The van der Waals surface area contributed by atoms with Crippen LogP contribution in [0.1, 0.15) is 23.1 Å². The Kier molecular flexibility index (Phi) is 7.50. The van der Waals surface area contributed by atoms with Crippen LogP contribution in [0.25, 0.3) is 5.76 Å². The van der Waals surface area contributed by atoms with Crippen molar-refractivity contribution in [2.24, 2.45) is 17.6 Å². The van der Waals surface area contributed by atoms with Crippen molar-refractivity contribution < 1.29 is 44.7 Å². The molecule has 1 amide bonds. The molecular formula is C31H36N4O9. The number of aliphatic hydroxyl groups is 3. The fourth-order valence-corrected chi connectivity index (χ4v) is 6.87. The predicted molar refractivity (Wildman–Crippen MR) is 161 cm³/mol. The summed E-state index contributed by atoms with van der Waals surface area (Å²) in [5.41, 5.74) is 3.65. The van der Waals surface area contributed by atoms with Crippen LogP contribution in [-0.4, -0.2) is 94.8 Å². The van der Waals surface area contributed by atoms with E-state index >= 15 is 0 Å². The number of anilines is 2. The summed E-state index contributed by atoms with van der Waals surface area (Å²) in [5, 5.41) is 59.2. The van der Waals surface area contributed by atoms with Gasteiger partial charge in [-0.25, -0.2) is 0 Å². The summed E-state index contributed by atoms with van der Waals surface area (Å²) < 4.78 is 5.08. The van der Waals surface area contributed by atoms with Crippen molar-refractivity contribution in [1.29, 1.82) is 0 Å². The number of phenolic OH excluding ortho intramolecular Hbond substituents is 2. The van der Waals surface area contributed by atoms with Gasteiger partial charge in [0.2, 0.25) is 5.78 Å². The highest BCUT2D eigenvalue weighted by Gasteiger charge is 2.64. The minimum atomic E-state index is -2.71. The van der Waals surface area contributed by atoms with Crippen LogP contribution in [0.4, 0.5) is 11.4 Å². The van der Waals surface area contributed by atoms with Gasteiger partial charge < -0.3 is 46.2 Å². The number of carbonyl (C=O) groups excluding carboxylic acids is 3. The molecule has 1 fully saturated rings. The van der Waals surface area contributed by atoms with Crippen molar-refractivity contribution in [3.8, 4) is 17.2 Å². The van der Waals surface area contributed by atoms with E-state index in [0.29, 0.717) is 22.6 Å². The summed E-state index contributed by atoms with van der Waals surface area (Å²) in [5.74, 6) is -6.82. The van der Waals surface area contributed by atoms with Gasteiger partial charge in [0.15, 0.2) is 22.9 Å². The Morgan fingerprint density at radius 2 is 1.80 bits per heavy atom. The second kappa shape index (κ2) is 10.8. The fraction of sp³-hybridized carbons (Fsp3) is 0.387. The number of nitrogens with zero attached hydrogens (tertiary/aromatic N) is 2. The largest absolute Gasteiger partial charge is 0.508 e. The zero-order chi connectivity index (χ0) is 32.4. The Morgan fingerprint density at radius 3 is 2.36 bits per heavy atom. The monoisotopic (exact) mass is 608 g/mol. The normalized spacial score (nSPS) is 24.6. The number of ketones is 2. The van der Waals surface area contributed by atoms with Crippen LogP contribution in [0.5, 0.6) is 17.2 Å². The van der Waals surface area contributed by atoms with E-state index in [1.54, 1.807) is 51.3 Å². The molecule has 3 aliphatic carbocycles.